The minimum absolute atomic E-state index is 0.0656. The van der Waals surface area contributed by atoms with Gasteiger partial charge in [0, 0.05) is 43.6 Å². The number of carbonyl (C=O) groups is 3. The minimum Gasteiger partial charge on any atom is -0.354 e. The summed E-state index contributed by atoms with van der Waals surface area (Å²) in [5, 5.41) is 2.91. The molecule has 3 amide bonds. The number of aryl methyl sites for hydroxylation is 1. The predicted molar refractivity (Wildman–Crippen MR) is 129 cm³/mol. The van der Waals surface area contributed by atoms with E-state index >= 15 is 0 Å². The standard InChI is InChI=1S/C27H32FN3O4/c1-18(2)16-29-24(32)23-17-35-27(31(23)26(34)20-7-9-22(28)10-8-20)11-13-30(14-12-27)25(33)21-6-4-5-19(3)15-21/h4-10,15,18,23H,11-14,16-17H2,1-3H3,(H,29,32). The quantitative estimate of drug-likeness (QED) is 0.710. The van der Waals surface area contributed by atoms with E-state index in [1.807, 2.05) is 39.0 Å². The Balaban J connectivity index is 1.56. The molecule has 2 aliphatic rings. The molecule has 2 saturated heterocycles. The van der Waals surface area contributed by atoms with Crippen LogP contribution in [0.15, 0.2) is 48.5 Å². The van der Waals surface area contributed by atoms with Gasteiger partial charge in [-0.05, 0) is 49.2 Å². The van der Waals surface area contributed by atoms with E-state index in [9.17, 15) is 18.8 Å². The summed E-state index contributed by atoms with van der Waals surface area (Å²) < 4.78 is 19.7. The van der Waals surface area contributed by atoms with Crippen molar-refractivity contribution in [2.24, 2.45) is 5.92 Å². The molecule has 1 unspecified atom stereocenters. The minimum atomic E-state index is -1.01. The zero-order valence-corrected chi connectivity index (χ0v) is 20.4. The third-order valence-corrected chi connectivity index (χ3v) is 6.65. The molecule has 2 aromatic carbocycles. The van der Waals surface area contributed by atoms with E-state index < -0.39 is 17.6 Å². The highest BCUT2D eigenvalue weighted by atomic mass is 19.1. The number of amides is 3. The number of rotatable bonds is 5. The van der Waals surface area contributed by atoms with Crippen LogP contribution in [0.4, 0.5) is 4.39 Å². The highest BCUT2D eigenvalue weighted by molar-refractivity contribution is 5.98. The Morgan fingerprint density at radius 2 is 1.74 bits per heavy atom. The first-order valence-corrected chi connectivity index (χ1v) is 12.1. The maximum absolute atomic E-state index is 13.6. The number of halogens is 1. The monoisotopic (exact) mass is 481 g/mol. The number of hydrogen-bond donors (Lipinski definition) is 1. The van der Waals surface area contributed by atoms with E-state index in [2.05, 4.69) is 5.32 Å². The molecule has 1 N–H and O–H groups in total. The van der Waals surface area contributed by atoms with Gasteiger partial charge >= 0.3 is 0 Å². The molecule has 2 aromatic rings. The maximum atomic E-state index is 13.6. The Bertz CT molecular complexity index is 1090. The van der Waals surface area contributed by atoms with Gasteiger partial charge < -0.3 is 15.0 Å². The van der Waals surface area contributed by atoms with Gasteiger partial charge in [-0.25, -0.2) is 4.39 Å². The van der Waals surface area contributed by atoms with Crippen molar-refractivity contribution in [3.05, 3.63) is 71.0 Å². The van der Waals surface area contributed by atoms with Gasteiger partial charge in [-0.3, -0.25) is 19.3 Å². The van der Waals surface area contributed by atoms with E-state index in [0.29, 0.717) is 38.0 Å². The average molecular weight is 482 g/mol. The van der Waals surface area contributed by atoms with Crippen molar-refractivity contribution in [1.29, 1.82) is 0 Å². The van der Waals surface area contributed by atoms with Crippen LogP contribution in [0, 0.1) is 18.7 Å². The Morgan fingerprint density at radius 3 is 2.37 bits per heavy atom. The van der Waals surface area contributed by atoms with Gasteiger partial charge in [0.05, 0.1) is 6.61 Å². The average Bonchev–Trinajstić information content (AvgIpc) is 3.21. The fraction of sp³-hybridized carbons (Fsp3) is 0.444. The summed E-state index contributed by atoms with van der Waals surface area (Å²) in [5.41, 5.74) is 0.916. The Hall–Kier alpha value is -3.26. The molecule has 0 saturated carbocycles. The van der Waals surface area contributed by atoms with Gasteiger partial charge in [-0.15, -0.1) is 0 Å². The molecule has 2 heterocycles. The summed E-state index contributed by atoms with van der Waals surface area (Å²) in [4.78, 5) is 43.0. The van der Waals surface area contributed by atoms with Crippen LogP contribution in [0.1, 0.15) is 53.0 Å². The van der Waals surface area contributed by atoms with Crippen LogP contribution in [0.2, 0.25) is 0 Å². The third-order valence-electron chi connectivity index (χ3n) is 6.65. The number of nitrogens with zero attached hydrogens (tertiary/aromatic N) is 2. The van der Waals surface area contributed by atoms with Crippen LogP contribution in [0.3, 0.4) is 0 Å². The van der Waals surface area contributed by atoms with E-state index in [1.54, 1.807) is 11.0 Å². The van der Waals surface area contributed by atoms with Gasteiger partial charge in [0.15, 0.2) is 0 Å². The third kappa shape index (κ3) is 5.22. The molecular weight excluding hydrogens is 449 g/mol. The zero-order chi connectivity index (χ0) is 25.2. The number of likely N-dealkylation sites (tertiary alicyclic amines) is 1. The smallest absolute Gasteiger partial charge is 0.256 e. The molecule has 0 radical (unpaired) electrons. The summed E-state index contributed by atoms with van der Waals surface area (Å²) in [6.45, 7) is 7.27. The van der Waals surface area contributed by atoms with Crippen molar-refractivity contribution in [2.45, 2.75) is 45.4 Å². The summed E-state index contributed by atoms with van der Waals surface area (Å²) in [5.74, 6) is -0.908. The summed E-state index contributed by atoms with van der Waals surface area (Å²) in [7, 11) is 0. The van der Waals surface area contributed by atoms with Crippen molar-refractivity contribution >= 4 is 17.7 Å². The van der Waals surface area contributed by atoms with Crippen LogP contribution in [-0.4, -0.2) is 65.5 Å². The van der Waals surface area contributed by atoms with E-state index in [1.165, 1.54) is 29.2 Å². The topological polar surface area (TPSA) is 79.0 Å². The molecule has 186 valence electrons. The molecule has 0 aliphatic carbocycles. The van der Waals surface area contributed by atoms with Crippen LogP contribution < -0.4 is 5.32 Å². The number of nitrogens with one attached hydrogen (secondary N) is 1. The molecule has 2 fully saturated rings. The molecule has 0 bridgehead atoms. The Morgan fingerprint density at radius 1 is 1.06 bits per heavy atom. The molecule has 8 heteroatoms. The van der Waals surface area contributed by atoms with Crippen molar-refractivity contribution < 1.29 is 23.5 Å². The highest BCUT2D eigenvalue weighted by Gasteiger charge is 2.54. The number of ether oxygens (including phenoxy) is 1. The number of hydrogen-bond acceptors (Lipinski definition) is 4. The number of benzene rings is 2. The fourth-order valence-corrected chi connectivity index (χ4v) is 4.74. The Labute approximate surface area is 205 Å². The lowest BCUT2D eigenvalue weighted by Crippen LogP contribution is -2.60. The summed E-state index contributed by atoms with van der Waals surface area (Å²) in [6, 6.07) is 12.0. The fourth-order valence-electron chi connectivity index (χ4n) is 4.74. The second kappa shape index (κ2) is 10.2. The predicted octanol–water partition coefficient (Wildman–Crippen LogP) is 3.38. The molecule has 1 spiro atoms. The Kier molecular flexibility index (Phi) is 7.21. The zero-order valence-electron chi connectivity index (χ0n) is 20.4. The van der Waals surface area contributed by atoms with Gasteiger partial charge in [0.1, 0.15) is 17.6 Å². The molecule has 7 nitrogen and oxygen atoms in total. The van der Waals surface area contributed by atoms with Gasteiger partial charge in [0.25, 0.3) is 11.8 Å². The van der Waals surface area contributed by atoms with Crippen LogP contribution in [-0.2, 0) is 9.53 Å². The van der Waals surface area contributed by atoms with Crippen molar-refractivity contribution in [3.8, 4) is 0 Å². The van der Waals surface area contributed by atoms with E-state index in [0.717, 1.165) is 5.56 Å². The van der Waals surface area contributed by atoms with E-state index in [4.69, 9.17) is 4.74 Å². The molecule has 0 aromatic heterocycles. The number of carbonyl (C=O) groups excluding carboxylic acids is 3. The lowest BCUT2D eigenvalue weighted by molar-refractivity contribution is -0.128. The second-order valence-corrected chi connectivity index (χ2v) is 9.76. The summed E-state index contributed by atoms with van der Waals surface area (Å²) >= 11 is 0. The number of piperidine rings is 1. The van der Waals surface area contributed by atoms with Crippen LogP contribution in [0.25, 0.3) is 0 Å². The first kappa shape index (κ1) is 24.9. The first-order chi connectivity index (χ1) is 16.7. The largest absolute Gasteiger partial charge is 0.354 e. The maximum Gasteiger partial charge on any atom is 0.256 e. The molecular formula is C27H32FN3O4. The van der Waals surface area contributed by atoms with Crippen molar-refractivity contribution in [2.75, 3.05) is 26.2 Å². The molecule has 35 heavy (non-hydrogen) atoms. The SMILES string of the molecule is Cc1cccc(C(=O)N2CCC3(CC2)OCC(C(=O)NCC(C)C)N3C(=O)c2ccc(F)cc2)c1. The van der Waals surface area contributed by atoms with Crippen molar-refractivity contribution in [3.63, 3.8) is 0 Å². The summed E-state index contributed by atoms with van der Waals surface area (Å²) in [6.07, 6.45) is 0.761. The first-order valence-electron chi connectivity index (χ1n) is 12.1. The lowest BCUT2D eigenvalue weighted by Gasteiger charge is -2.44. The van der Waals surface area contributed by atoms with Crippen molar-refractivity contribution in [1.82, 2.24) is 15.1 Å². The highest BCUT2D eigenvalue weighted by Crippen LogP contribution is 2.39. The van der Waals surface area contributed by atoms with E-state index in [-0.39, 0.29) is 35.8 Å². The normalized spacial score (nSPS) is 19.3. The molecule has 2 aliphatic heterocycles. The van der Waals surface area contributed by atoms with Gasteiger partial charge in [0.2, 0.25) is 5.91 Å². The van der Waals surface area contributed by atoms with Gasteiger partial charge in [-0.1, -0.05) is 31.5 Å². The lowest BCUT2D eigenvalue weighted by atomic mass is 9.96. The second-order valence-electron chi connectivity index (χ2n) is 9.76. The van der Waals surface area contributed by atoms with Crippen LogP contribution in [0.5, 0.6) is 0 Å². The molecule has 4 rings (SSSR count). The molecule has 1 atom stereocenters. The van der Waals surface area contributed by atoms with Gasteiger partial charge in [-0.2, -0.15) is 0 Å². The van der Waals surface area contributed by atoms with Crippen LogP contribution >= 0.6 is 0 Å².